The van der Waals surface area contributed by atoms with Gasteiger partial charge in [0.1, 0.15) is 0 Å². The molecule has 0 saturated carbocycles. The summed E-state index contributed by atoms with van der Waals surface area (Å²) >= 11 is 1.34. The van der Waals surface area contributed by atoms with E-state index in [0.717, 1.165) is 11.3 Å². The van der Waals surface area contributed by atoms with Crippen LogP contribution in [-0.4, -0.2) is 40.3 Å². The first-order chi connectivity index (χ1) is 12.8. The summed E-state index contributed by atoms with van der Waals surface area (Å²) in [6.45, 7) is 0.220. The van der Waals surface area contributed by atoms with Crippen molar-refractivity contribution < 1.29 is 14.3 Å². The fourth-order valence-corrected chi connectivity index (χ4v) is 3.42. The number of benzene rings is 2. The number of fused-ring (bicyclic) bond motifs is 1. The summed E-state index contributed by atoms with van der Waals surface area (Å²) in [6, 6.07) is 15.5. The van der Waals surface area contributed by atoms with E-state index in [2.05, 4.69) is 15.5 Å². The van der Waals surface area contributed by atoms with Gasteiger partial charge in [0, 0.05) is 18.3 Å². The van der Waals surface area contributed by atoms with Gasteiger partial charge in [0.25, 0.3) is 0 Å². The Labute approximate surface area is 154 Å². The molecule has 0 atom stereocenters. The zero-order valence-electron chi connectivity index (χ0n) is 14.0. The average Bonchev–Trinajstić information content (AvgIpc) is 3.32. The molecule has 26 heavy (non-hydrogen) atoms. The Morgan fingerprint density at radius 1 is 1.15 bits per heavy atom. The van der Waals surface area contributed by atoms with Crippen LogP contribution in [0.4, 0.5) is 0 Å². The fraction of sp³-hybridized carbons (Fsp3) is 0.167. The van der Waals surface area contributed by atoms with E-state index in [1.165, 1.54) is 11.8 Å². The van der Waals surface area contributed by atoms with Crippen molar-refractivity contribution in [3.63, 3.8) is 0 Å². The summed E-state index contributed by atoms with van der Waals surface area (Å²) < 4.78 is 12.8. The lowest BCUT2D eigenvalue weighted by molar-refractivity contribution is -0.118. The lowest BCUT2D eigenvalue weighted by Gasteiger charge is -2.10. The number of thioether (sulfide) groups is 1. The van der Waals surface area contributed by atoms with Crippen molar-refractivity contribution in [1.29, 1.82) is 0 Å². The third-order valence-corrected chi connectivity index (χ3v) is 4.82. The highest BCUT2D eigenvalue weighted by molar-refractivity contribution is 7.99. The summed E-state index contributed by atoms with van der Waals surface area (Å²) in [7, 11) is 1.61. The van der Waals surface area contributed by atoms with Gasteiger partial charge in [-0.3, -0.25) is 9.36 Å². The molecule has 2 heterocycles. The molecule has 1 aromatic heterocycles. The molecule has 0 radical (unpaired) electrons. The van der Waals surface area contributed by atoms with Crippen molar-refractivity contribution in [2.75, 3.05) is 19.6 Å². The van der Waals surface area contributed by atoms with Gasteiger partial charge in [-0.1, -0.05) is 30.0 Å². The Balaban J connectivity index is 1.77. The zero-order chi connectivity index (χ0) is 17.9. The summed E-state index contributed by atoms with van der Waals surface area (Å²) in [5.74, 6) is 2.28. The van der Waals surface area contributed by atoms with Crippen LogP contribution in [0, 0.1) is 0 Å². The smallest absolute Gasteiger partial charge is 0.231 e. The molecule has 0 saturated heterocycles. The van der Waals surface area contributed by atoms with Crippen LogP contribution in [0.15, 0.2) is 53.7 Å². The van der Waals surface area contributed by atoms with Crippen molar-refractivity contribution in [3.05, 3.63) is 48.5 Å². The molecule has 0 unspecified atom stereocenters. The van der Waals surface area contributed by atoms with Crippen LogP contribution < -0.4 is 14.8 Å². The second kappa shape index (κ2) is 7.09. The van der Waals surface area contributed by atoms with E-state index in [0.29, 0.717) is 22.5 Å². The quantitative estimate of drug-likeness (QED) is 0.697. The molecule has 3 aromatic rings. The van der Waals surface area contributed by atoms with Gasteiger partial charge < -0.3 is 14.8 Å². The highest BCUT2D eigenvalue weighted by atomic mass is 32.2. The molecule has 0 spiro atoms. The molecule has 0 bridgehead atoms. The molecular formula is C18H16N4O3S. The molecular weight excluding hydrogens is 352 g/mol. The van der Waals surface area contributed by atoms with Gasteiger partial charge in [-0.05, 0) is 30.3 Å². The van der Waals surface area contributed by atoms with Gasteiger partial charge >= 0.3 is 0 Å². The lowest BCUT2D eigenvalue weighted by atomic mass is 10.2. The maximum atomic E-state index is 11.6. The number of para-hydroxylation sites is 1. The van der Waals surface area contributed by atoms with Crippen LogP contribution in [0.3, 0.4) is 0 Å². The minimum Gasteiger partial charge on any atom is -0.454 e. The first kappa shape index (κ1) is 16.5. The van der Waals surface area contributed by atoms with Crippen molar-refractivity contribution in [3.8, 4) is 28.6 Å². The van der Waals surface area contributed by atoms with Crippen molar-refractivity contribution >= 4 is 17.7 Å². The summed E-state index contributed by atoms with van der Waals surface area (Å²) in [4.78, 5) is 11.6. The molecule has 1 N–H and O–H groups in total. The Morgan fingerprint density at radius 2 is 1.96 bits per heavy atom. The molecule has 0 aliphatic carbocycles. The van der Waals surface area contributed by atoms with Gasteiger partial charge in [-0.15, -0.1) is 10.2 Å². The largest absolute Gasteiger partial charge is 0.454 e. The van der Waals surface area contributed by atoms with Gasteiger partial charge in [0.15, 0.2) is 22.5 Å². The SMILES string of the molecule is CNC(=O)CSc1nnc(-c2ccc3c(c2)OCO3)n1-c1ccccc1. The van der Waals surface area contributed by atoms with Gasteiger partial charge in [0.2, 0.25) is 12.7 Å². The van der Waals surface area contributed by atoms with Gasteiger partial charge in [0.05, 0.1) is 5.75 Å². The van der Waals surface area contributed by atoms with E-state index in [1.54, 1.807) is 7.05 Å². The second-order valence-electron chi connectivity index (χ2n) is 5.51. The minimum absolute atomic E-state index is 0.0674. The van der Waals surface area contributed by atoms with Crippen LogP contribution in [0.5, 0.6) is 11.5 Å². The predicted molar refractivity (Wildman–Crippen MR) is 97.7 cm³/mol. The van der Waals surface area contributed by atoms with Crippen LogP contribution in [0.2, 0.25) is 0 Å². The molecule has 7 nitrogen and oxygen atoms in total. The number of hydrogen-bond acceptors (Lipinski definition) is 6. The summed E-state index contributed by atoms with van der Waals surface area (Å²) in [6.07, 6.45) is 0. The Morgan fingerprint density at radius 3 is 2.77 bits per heavy atom. The lowest BCUT2D eigenvalue weighted by Crippen LogP contribution is -2.20. The number of aromatic nitrogens is 3. The van der Waals surface area contributed by atoms with E-state index in [1.807, 2.05) is 53.1 Å². The first-order valence-electron chi connectivity index (χ1n) is 8.00. The highest BCUT2D eigenvalue weighted by Gasteiger charge is 2.20. The third kappa shape index (κ3) is 3.11. The number of amides is 1. The van der Waals surface area contributed by atoms with Crippen LogP contribution in [0.1, 0.15) is 0 Å². The number of ether oxygens (including phenoxy) is 2. The number of rotatable bonds is 5. The third-order valence-electron chi connectivity index (χ3n) is 3.89. The molecule has 2 aromatic carbocycles. The minimum atomic E-state index is -0.0674. The molecule has 0 fully saturated rings. The average molecular weight is 368 g/mol. The normalized spacial score (nSPS) is 12.2. The van der Waals surface area contributed by atoms with Crippen molar-refractivity contribution in [2.45, 2.75) is 5.16 Å². The standard InChI is InChI=1S/C18H16N4O3S/c1-19-16(23)10-26-18-21-20-17(22(18)13-5-3-2-4-6-13)12-7-8-14-15(9-12)25-11-24-14/h2-9H,10-11H2,1H3,(H,19,23). The van der Waals surface area contributed by atoms with Crippen LogP contribution in [0.25, 0.3) is 17.1 Å². The zero-order valence-corrected chi connectivity index (χ0v) is 14.8. The van der Waals surface area contributed by atoms with E-state index in [9.17, 15) is 4.79 Å². The second-order valence-corrected chi connectivity index (χ2v) is 6.45. The number of carbonyl (C=O) groups excluding carboxylic acids is 1. The molecule has 4 rings (SSSR count). The Bertz CT molecular complexity index is 943. The topological polar surface area (TPSA) is 78.3 Å². The monoisotopic (exact) mass is 368 g/mol. The number of nitrogens with zero attached hydrogens (tertiary/aromatic N) is 3. The maximum Gasteiger partial charge on any atom is 0.231 e. The van der Waals surface area contributed by atoms with E-state index in [-0.39, 0.29) is 18.5 Å². The fourth-order valence-electron chi connectivity index (χ4n) is 2.60. The molecule has 1 amide bonds. The van der Waals surface area contributed by atoms with E-state index in [4.69, 9.17) is 9.47 Å². The molecule has 1 aliphatic heterocycles. The summed E-state index contributed by atoms with van der Waals surface area (Å²) in [5.41, 5.74) is 1.78. The van der Waals surface area contributed by atoms with Gasteiger partial charge in [-0.25, -0.2) is 0 Å². The molecule has 8 heteroatoms. The number of nitrogens with one attached hydrogen (secondary N) is 1. The van der Waals surface area contributed by atoms with E-state index < -0.39 is 0 Å². The first-order valence-corrected chi connectivity index (χ1v) is 8.99. The number of carbonyl (C=O) groups is 1. The number of hydrogen-bond donors (Lipinski definition) is 1. The Hall–Kier alpha value is -3.00. The molecule has 1 aliphatic rings. The van der Waals surface area contributed by atoms with Gasteiger partial charge in [-0.2, -0.15) is 0 Å². The van der Waals surface area contributed by atoms with Crippen molar-refractivity contribution in [1.82, 2.24) is 20.1 Å². The summed E-state index contributed by atoms with van der Waals surface area (Å²) in [5, 5.41) is 11.9. The molecule has 132 valence electrons. The predicted octanol–water partition coefficient (Wildman–Crippen LogP) is 2.50. The van der Waals surface area contributed by atoms with E-state index >= 15 is 0 Å². The van der Waals surface area contributed by atoms with Crippen LogP contribution >= 0.6 is 11.8 Å². The highest BCUT2D eigenvalue weighted by Crippen LogP contribution is 2.36. The maximum absolute atomic E-state index is 11.6. The van der Waals surface area contributed by atoms with Crippen LogP contribution in [-0.2, 0) is 4.79 Å². The Kier molecular flexibility index (Phi) is 4.49. The van der Waals surface area contributed by atoms with Crippen molar-refractivity contribution in [2.24, 2.45) is 0 Å².